The Morgan fingerprint density at radius 2 is 0.435 bits per heavy atom. The number of hydrogen-bond donors (Lipinski definition) is 1. The minimum atomic E-state index is -0.786. The molecule has 0 aromatic carbocycles. The van der Waals surface area contributed by atoms with E-state index in [9.17, 15) is 14.7 Å². The number of esters is 2. The first-order valence-corrected chi connectivity index (χ1v) is 38.3. The van der Waals surface area contributed by atoms with E-state index in [4.69, 9.17) is 9.47 Å². The van der Waals surface area contributed by atoms with Crippen LogP contribution in [0.25, 0.3) is 0 Å². The molecule has 0 radical (unpaired) electrons. The van der Waals surface area contributed by atoms with E-state index < -0.39 is 6.10 Å². The second kappa shape index (κ2) is 80.2. The maximum Gasteiger partial charge on any atom is 0.306 e. The number of allylic oxidation sites excluding steroid dienone is 30. The Hall–Kier alpha value is -5.00. The monoisotopic (exact) mass is 1270 g/mol. The lowest BCUT2D eigenvalue weighted by Crippen LogP contribution is -2.28. The molecule has 0 aromatic heterocycles. The van der Waals surface area contributed by atoms with Crippen molar-refractivity contribution in [2.75, 3.05) is 13.2 Å². The van der Waals surface area contributed by atoms with Crippen LogP contribution in [0.4, 0.5) is 0 Å². The van der Waals surface area contributed by atoms with Gasteiger partial charge in [0.25, 0.3) is 0 Å². The van der Waals surface area contributed by atoms with Gasteiger partial charge in [0.05, 0.1) is 6.61 Å². The van der Waals surface area contributed by atoms with Gasteiger partial charge in [-0.25, -0.2) is 0 Å². The normalized spacial score (nSPS) is 13.3. The van der Waals surface area contributed by atoms with Crippen LogP contribution in [-0.4, -0.2) is 36.4 Å². The maximum absolute atomic E-state index is 12.4. The second-order valence-corrected chi connectivity index (χ2v) is 25.0. The molecular formula is C87H142O5. The zero-order valence-electron chi connectivity index (χ0n) is 59.7. The van der Waals surface area contributed by atoms with E-state index >= 15 is 0 Å². The van der Waals surface area contributed by atoms with Crippen LogP contribution in [0.2, 0.25) is 0 Å². The van der Waals surface area contributed by atoms with Crippen LogP contribution in [0.1, 0.15) is 335 Å². The number of unbranched alkanes of at least 4 members (excludes halogenated alkanes) is 31. The van der Waals surface area contributed by atoms with Crippen molar-refractivity contribution < 1.29 is 24.2 Å². The average Bonchev–Trinajstić information content (AvgIpc) is 3.64. The third-order valence-electron chi connectivity index (χ3n) is 16.2. The topological polar surface area (TPSA) is 72.8 Å². The highest BCUT2D eigenvalue weighted by atomic mass is 16.6. The number of carbonyl (C=O) groups excluding carboxylic acids is 2. The third kappa shape index (κ3) is 77.4. The zero-order valence-corrected chi connectivity index (χ0v) is 59.7. The largest absolute Gasteiger partial charge is 0.462 e. The van der Waals surface area contributed by atoms with Crippen molar-refractivity contribution in [3.8, 4) is 0 Å². The van der Waals surface area contributed by atoms with E-state index in [1.807, 2.05) is 0 Å². The van der Waals surface area contributed by atoms with Gasteiger partial charge in [-0.15, -0.1) is 0 Å². The van der Waals surface area contributed by atoms with Crippen LogP contribution in [0.15, 0.2) is 182 Å². The summed E-state index contributed by atoms with van der Waals surface area (Å²) in [5, 5.41) is 9.72. The summed E-state index contributed by atoms with van der Waals surface area (Å²) in [5.41, 5.74) is 0. The molecule has 1 unspecified atom stereocenters. The molecule has 0 fully saturated rings. The lowest BCUT2D eigenvalue weighted by Gasteiger charge is -2.15. The lowest BCUT2D eigenvalue weighted by atomic mass is 10.0. The van der Waals surface area contributed by atoms with Gasteiger partial charge in [-0.1, -0.05) is 369 Å². The molecule has 0 aromatic rings. The fourth-order valence-corrected chi connectivity index (χ4v) is 10.6. The fourth-order valence-electron chi connectivity index (χ4n) is 10.6. The molecule has 5 nitrogen and oxygen atoms in total. The Morgan fingerprint density at radius 3 is 0.652 bits per heavy atom. The molecule has 5 heteroatoms. The summed E-state index contributed by atoms with van der Waals surface area (Å²) in [6, 6.07) is 0. The molecule has 0 heterocycles. The standard InChI is InChI=1S/C87H142O5/c1-3-5-7-9-11-13-15-17-19-21-23-25-27-29-31-33-35-37-39-41-42-43-44-46-48-50-52-54-56-58-60-62-64-66-68-70-72-74-76-78-80-82-87(90)92-85(83-88)84-91-86(89)81-79-77-75-73-71-69-67-65-63-61-59-57-55-53-51-49-47-45-40-38-36-34-32-30-28-26-24-22-20-18-16-14-12-10-8-6-4-2/h5-8,11-14,17-20,23-26,29-32,35,37,41-42,44,46,50,52,56,58,85,88H,3-4,9-10,15-16,21-22,27-28,33-34,36,38-40,43,45,47-49,51,53-55,57,59-84H2,1-2H3/b7-5-,8-6-,13-11-,14-12-,19-17-,20-18-,25-23-,26-24-,31-29-,32-30-,37-35-,42-41-,46-44-,52-50-,58-56-. The highest BCUT2D eigenvalue weighted by Gasteiger charge is 2.16. The van der Waals surface area contributed by atoms with Gasteiger partial charge in [-0.3, -0.25) is 9.59 Å². The van der Waals surface area contributed by atoms with Crippen molar-refractivity contribution in [2.24, 2.45) is 0 Å². The van der Waals surface area contributed by atoms with E-state index in [2.05, 4.69) is 196 Å². The van der Waals surface area contributed by atoms with Crippen molar-refractivity contribution in [1.82, 2.24) is 0 Å². The van der Waals surface area contributed by atoms with Crippen molar-refractivity contribution in [2.45, 2.75) is 341 Å². The molecule has 0 saturated carbocycles. The summed E-state index contributed by atoms with van der Waals surface area (Å²) >= 11 is 0. The summed E-state index contributed by atoms with van der Waals surface area (Å²) in [4.78, 5) is 24.7. The molecule has 0 saturated heterocycles. The van der Waals surface area contributed by atoms with E-state index in [1.54, 1.807) is 0 Å². The van der Waals surface area contributed by atoms with E-state index in [-0.39, 0.29) is 25.2 Å². The molecule has 0 bridgehead atoms. The number of hydrogen-bond acceptors (Lipinski definition) is 5. The van der Waals surface area contributed by atoms with Crippen molar-refractivity contribution in [3.63, 3.8) is 0 Å². The van der Waals surface area contributed by atoms with Gasteiger partial charge >= 0.3 is 11.9 Å². The number of carbonyl (C=O) groups is 2. The summed E-state index contributed by atoms with van der Waals surface area (Å²) in [7, 11) is 0. The van der Waals surface area contributed by atoms with Gasteiger partial charge in [0, 0.05) is 12.8 Å². The Labute approximate surface area is 569 Å². The van der Waals surface area contributed by atoms with Crippen LogP contribution < -0.4 is 0 Å². The molecule has 0 spiro atoms. The molecule has 0 rings (SSSR count). The maximum atomic E-state index is 12.4. The van der Waals surface area contributed by atoms with Gasteiger partial charge in [0.15, 0.2) is 6.10 Å². The highest BCUT2D eigenvalue weighted by Crippen LogP contribution is 2.17. The Kier molecular flexibility index (Phi) is 75.9. The molecule has 520 valence electrons. The minimum absolute atomic E-state index is 0.0732. The second-order valence-electron chi connectivity index (χ2n) is 25.0. The first-order valence-electron chi connectivity index (χ1n) is 38.3. The zero-order chi connectivity index (χ0) is 66.1. The van der Waals surface area contributed by atoms with Gasteiger partial charge < -0.3 is 14.6 Å². The molecule has 0 amide bonds. The van der Waals surface area contributed by atoms with Gasteiger partial charge in [-0.2, -0.15) is 0 Å². The molecular weight excluding hydrogens is 1120 g/mol. The van der Waals surface area contributed by atoms with Crippen molar-refractivity contribution in [3.05, 3.63) is 182 Å². The van der Waals surface area contributed by atoms with Crippen LogP contribution in [0.5, 0.6) is 0 Å². The van der Waals surface area contributed by atoms with Crippen LogP contribution >= 0.6 is 0 Å². The smallest absolute Gasteiger partial charge is 0.306 e. The third-order valence-corrected chi connectivity index (χ3v) is 16.2. The highest BCUT2D eigenvalue weighted by molar-refractivity contribution is 5.70. The quantitative estimate of drug-likeness (QED) is 0.0373. The van der Waals surface area contributed by atoms with E-state index in [1.165, 1.54) is 173 Å². The molecule has 0 aliphatic rings. The van der Waals surface area contributed by atoms with Crippen LogP contribution in [-0.2, 0) is 19.1 Å². The van der Waals surface area contributed by atoms with Crippen LogP contribution in [0, 0.1) is 0 Å². The molecule has 0 aliphatic carbocycles. The van der Waals surface area contributed by atoms with Crippen LogP contribution in [0.3, 0.4) is 0 Å². The minimum Gasteiger partial charge on any atom is -0.462 e. The number of rotatable bonds is 69. The fraction of sp³-hybridized carbons (Fsp3) is 0.632. The number of aliphatic hydroxyl groups is 1. The Bertz CT molecular complexity index is 2020. The van der Waals surface area contributed by atoms with Crippen molar-refractivity contribution >= 4 is 11.9 Å². The van der Waals surface area contributed by atoms with E-state index in [0.717, 1.165) is 135 Å². The molecule has 0 aliphatic heterocycles. The predicted molar refractivity (Wildman–Crippen MR) is 407 cm³/mol. The first-order chi connectivity index (χ1) is 45.6. The summed E-state index contributed by atoms with van der Waals surface area (Å²) in [6.07, 6.45) is 125. The van der Waals surface area contributed by atoms with Crippen molar-refractivity contribution in [1.29, 1.82) is 0 Å². The summed E-state index contributed by atoms with van der Waals surface area (Å²) in [6.45, 7) is 3.93. The lowest BCUT2D eigenvalue weighted by molar-refractivity contribution is -0.161. The summed E-state index contributed by atoms with van der Waals surface area (Å²) in [5.74, 6) is -0.593. The van der Waals surface area contributed by atoms with Gasteiger partial charge in [0.1, 0.15) is 6.61 Å². The number of aliphatic hydroxyl groups excluding tert-OH is 1. The predicted octanol–water partition coefficient (Wildman–Crippen LogP) is 27.3. The first kappa shape index (κ1) is 87.0. The Morgan fingerprint density at radius 1 is 0.250 bits per heavy atom. The number of ether oxygens (including phenoxy) is 2. The molecule has 1 atom stereocenters. The van der Waals surface area contributed by atoms with E-state index in [0.29, 0.717) is 12.8 Å². The van der Waals surface area contributed by atoms with Gasteiger partial charge in [-0.05, 0) is 135 Å². The van der Waals surface area contributed by atoms with Gasteiger partial charge in [0.2, 0.25) is 0 Å². The SMILES string of the molecule is CC/C=C\C/C=C\C/C=C\C/C=C\C/C=C\C/C=C\C/C=C\C/C=C\C/C=C\C/C=C\CCCCCCCCCCCCC(=O)OC(CO)COC(=O)CCCCCCCCCCCCCCCCCCCCCCC/C=C\C/C=C\C/C=C\C/C=C\C/C=C\CC. The molecule has 1 N–H and O–H groups in total. The molecule has 92 heavy (non-hydrogen) atoms. The average molecular weight is 1270 g/mol. The summed E-state index contributed by atoms with van der Waals surface area (Å²) < 4.78 is 10.8. The Balaban J connectivity index is 3.52.